The summed E-state index contributed by atoms with van der Waals surface area (Å²) in [6, 6.07) is 13.0. The highest BCUT2D eigenvalue weighted by Gasteiger charge is 2.55. The molecule has 2 unspecified atom stereocenters. The van der Waals surface area contributed by atoms with Crippen LogP contribution < -0.4 is 15.0 Å². The first kappa shape index (κ1) is 18.8. The number of carbonyl (C=O) groups is 1. The van der Waals surface area contributed by atoms with Crippen LogP contribution in [0.2, 0.25) is 0 Å². The van der Waals surface area contributed by atoms with Gasteiger partial charge in [-0.3, -0.25) is 4.79 Å². The first-order chi connectivity index (χ1) is 14.4. The normalized spacial score (nSPS) is 22.8. The summed E-state index contributed by atoms with van der Waals surface area (Å²) in [5.41, 5.74) is 2.09. The summed E-state index contributed by atoms with van der Waals surface area (Å²) < 4.78 is 40.9. The Labute approximate surface area is 170 Å². The number of aromatic amines is 1. The molecule has 6 nitrogen and oxygen atoms in total. The van der Waals surface area contributed by atoms with E-state index in [2.05, 4.69) is 24.9 Å². The highest BCUT2D eigenvalue weighted by atomic mass is 19.4. The molecular formula is C21H19F3N4O2. The number of rotatable bonds is 5. The van der Waals surface area contributed by atoms with Gasteiger partial charge in [-0.1, -0.05) is 18.2 Å². The van der Waals surface area contributed by atoms with Crippen molar-refractivity contribution in [1.82, 2.24) is 15.3 Å². The molecule has 2 N–H and O–H groups in total. The van der Waals surface area contributed by atoms with Crippen LogP contribution in [-0.4, -0.2) is 41.9 Å². The number of halogens is 3. The predicted octanol–water partition coefficient (Wildman–Crippen LogP) is 3.57. The second-order valence-electron chi connectivity index (χ2n) is 7.76. The predicted molar refractivity (Wildman–Crippen MR) is 104 cm³/mol. The number of ether oxygens (including phenoxy) is 1. The van der Waals surface area contributed by atoms with Crippen molar-refractivity contribution < 1.29 is 22.7 Å². The van der Waals surface area contributed by atoms with E-state index in [1.165, 1.54) is 18.2 Å². The molecule has 0 radical (unpaired) electrons. The molecule has 30 heavy (non-hydrogen) atoms. The minimum absolute atomic E-state index is 0.145. The zero-order valence-electron chi connectivity index (χ0n) is 15.8. The Kier molecular flexibility index (Phi) is 4.34. The van der Waals surface area contributed by atoms with Crippen LogP contribution in [0.4, 0.5) is 19.1 Å². The summed E-state index contributed by atoms with van der Waals surface area (Å²) in [5, 5.41) is 2.84. The fourth-order valence-corrected chi connectivity index (χ4v) is 4.36. The van der Waals surface area contributed by atoms with Gasteiger partial charge in [0, 0.05) is 25.2 Å². The standard InChI is InChI=1S/C21H19F3N4O2/c22-21(23,24)30-13-5-3-4-12(8-13)19(29)25-9-14-15-10-28(11-16(14)15)20-26-17-6-1-2-7-18(17)27-20/h1-8,14-16H,9-11H2,(H,25,29)(H,26,27). The number of hydrogen-bond acceptors (Lipinski definition) is 4. The van der Waals surface area contributed by atoms with E-state index in [-0.39, 0.29) is 5.56 Å². The Hall–Kier alpha value is -3.23. The molecule has 1 aliphatic carbocycles. The Morgan fingerprint density at radius 2 is 1.93 bits per heavy atom. The van der Waals surface area contributed by atoms with E-state index in [1.807, 2.05) is 24.3 Å². The van der Waals surface area contributed by atoms with Crippen molar-refractivity contribution in [2.75, 3.05) is 24.5 Å². The number of benzene rings is 2. The lowest BCUT2D eigenvalue weighted by Gasteiger charge is -2.19. The van der Waals surface area contributed by atoms with Crippen LogP contribution in [0.15, 0.2) is 48.5 Å². The summed E-state index contributed by atoms with van der Waals surface area (Å²) in [6.45, 7) is 2.26. The number of nitrogens with zero attached hydrogens (tertiary/aromatic N) is 2. The maximum atomic E-state index is 12.3. The van der Waals surface area contributed by atoms with Gasteiger partial charge in [0.05, 0.1) is 11.0 Å². The second-order valence-corrected chi connectivity index (χ2v) is 7.76. The van der Waals surface area contributed by atoms with E-state index in [0.29, 0.717) is 24.3 Å². The molecule has 2 aromatic carbocycles. The van der Waals surface area contributed by atoms with E-state index in [4.69, 9.17) is 0 Å². The lowest BCUT2D eigenvalue weighted by Crippen LogP contribution is -2.31. The third kappa shape index (κ3) is 3.67. The number of imidazole rings is 1. The summed E-state index contributed by atoms with van der Waals surface area (Å²) in [6.07, 6.45) is -4.79. The number of hydrogen-bond donors (Lipinski definition) is 2. The average Bonchev–Trinajstić information content (AvgIpc) is 3.07. The number of anilines is 1. The number of H-pyrrole nitrogens is 1. The molecule has 0 bridgehead atoms. The topological polar surface area (TPSA) is 70.2 Å². The Morgan fingerprint density at radius 1 is 1.17 bits per heavy atom. The summed E-state index contributed by atoms with van der Waals surface area (Å²) in [7, 11) is 0. The molecule has 0 spiro atoms. The number of para-hydroxylation sites is 2. The maximum absolute atomic E-state index is 12.3. The van der Waals surface area contributed by atoms with Crippen molar-refractivity contribution in [2.24, 2.45) is 17.8 Å². The molecule has 1 aromatic heterocycles. The number of amides is 1. The number of carbonyl (C=O) groups excluding carboxylic acids is 1. The van der Waals surface area contributed by atoms with Crippen LogP contribution in [0, 0.1) is 17.8 Å². The molecule has 1 saturated carbocycles. The molecule has 156 valence electrons. The Balaban J connectivity index is 1.14. The molecule has 1 saturated heterocycles. The van der Waals surface area contributed by atoms with Gasteiger partial charge >= 0.3 is 6.36 Å². The van der Waals surface area contributed by atoms with Gasteiger partial charge in [0.2, 0.25) is 5.95 Å². The molecule has 9 heteroatoms. The molecule has 2 fully saturated rings. The maximum Gasteiger partial charge on any atom is 0.573 e. The highest BCUT2D eigenvalue weighted by Crippen LogP contribution is 2.51. The fourth-order valence-electron chi connectivity index (χ4n) is 4.36. The zero-order chi connectivity index (χ0) is 20.9. The minimum atomic E-state index is -4.79. The number of alkyl halides is 3. The second kappa shape index (κ2) is 6.93. The summed E-state index contributed by atoms with van der Waals surface area (Å²) in [5.74, 6) is 1.41. The van der Waals surface area contributed by atoms with Gasteiger partial charge in [0.15, 0.2) is 0 Å². The Morgan fingerprint density at radius 3 is 2.67 bits per heavy atom. The number of piperidine rings is 1. The molecule has 3 aromatic rings. The quantitative estimate of drug-likeness (QED) is 0.667. The monoisotopic (exact) mass is 416 g/mol. The van der Waals surface area contributed by atoms with Gasteiger partial charge in [0.25, 0.3) is 5.91 Å². The Bertz CT molecular complexity index is 1050. The van der Waals surface area contributed by atoms with Crippen molar-refractivity contribution in [3.63, 3.8) is 0 Å². The number of nitrogens with one attached hydrogen (secondary N) is 2. The molecule has 2 aliphatic rings. The van der Waals surface area contributed by atoms with Gasteiger partial charge < -0.3 is 19.9 Å². The first-order valence-corrected chi connectivity index (χ1v) is 9.71. The lowest BCUT2D eigenvalue weighted by molar-refractivity contribution is -0.274. The van der Waals surface area contributed by atoms with E-state index >= 15 is 0 Å². The minimum Gasteiger partial charge on any atom is -0.406 e. The van der Waals surface area contributed by atoms with Crippen LogP contribution in [0.5, 0.6) is 5.75 Å². The van der Waals surface area contributed by atoms with Crippen LogP contribution >= 0.6 is 0 Å². The average molecular weight is 416 g/mol. The first-order valence-electron chi connectivity index (χ1n) is 9.71. The molecular weight excluding hydrogens is 397 g/mol. The number of fused-ring (bicyclic) bond motifs is 2. The lowest BCUT2D eigenvalue weighted by atomic mass is 10.2. The fraction of sp³-hybridized carbons (Fsp3) is 0.333. The molecule has 2 atom stereocenters. The SMILES string of the molecule is O=C(NCC1C2CN(c3nc4ccccc4[nH]3)CC12)c1cccc(OC(F)(F)F)c1. The van der Waals surface area contributed by atoms with Crippen LogP contribution in [0.3, 0.4) is 0 Å². The van der Waals surface area contributed by atoms with Crippen molar-refractivity contribution in [2.45, 2.75) is 6.36 Å². The van der Waals surface area contributed by atoms with Crippen molar-refractivity contribution in [3.05, 3.63) is 54.1 Å². The highest BCUT2D eigenvalue weighted by molar-refractivity contribution is 5.94. The van der Waals surface area contributed by atoms with Gasteiger partial charge in [-0.15, -0.1) is 13.2 Å². The van der Waals surface area contributed by atoms with Gasteiger partial charge in [0.1, 0.15) is 5.75 Å². The van der Waals surface area contributed by atoms with E-state index in [9.17, 15) is 18.0 Å². The largest absolute Gasteiger partial charge is 0.573 e. The molecule has 1 amide bonds. The van der Waals surface area contributed by atoms with Crippen LogP contribution in [0.1, 0.15) is 10.4 Å². The third-order valence-electron chi connectivity index (χ3n) is 5.88. The van der Waals surface area contributed by atoms with Crippen LogP contribution in [0.25, 0.3) is 11.0 Å². The van der Waals surface area contributed by atoms with E-state index in [0.717, 1.165) is 36.1 Å². The van der Waals surface area contributed by atoms with Crippen LogP contribution in [-0.2, 0) is 0 Å². The molecule has 2 heterocycles. The summed E-state index contributed by atoms with van der Waals surface area (Å²) in [4.78, 5) is 22.5. The van der Waals surface area contributed by atoms with Crippen molar-refractivity contribution in [1.29, 1.82) is 0 Å². The molecule has 5 rings (SSSR count). The van der Waals surface area contributed by atoms with Gasteiger partial charge in [-0.2, -0.15) is 0 Å². The molecule has 1 aliphatic heterocycles. The zero-order valence-corrected chi connectivity index (χ0v) is 15.8. The van der Waals surface area contributed by atoms with Crippen molar-refractivity contribution >= 4 is 22.9 Å². The van der Waals surface area contributed by atoms with Gasteiger partial charge in [-0.25, -0.2) is 4.98 Å². The third-order valence-corrected chi connectivity index (χ3v) is 5.88. The number of aromatic nitrogens is 2. The summed E-state index contributed by atoms with van der Waals surface area (Å²) >= 11 is 0. The van der Waals surface area contributed by atoms with E-state index < -0.39 is 18.0 Å². The van der Waals surface area contributed by atoms with E-state index in [1.54, 1.807) is 0 Å². The smallest absolute Gasteiger partial charge is 0.406 e. The van der Waals surface area contributed by atoms with Crippen molar-refractivity contribution in [3.8, 4) is 5.75 Å². The van der Waals surface area contributed by atoms with Gasteiger partial charge in [-0.05, 0) is 48.1 Å².